The number of rotatable bonds is 6. The SMILES string of the molecule is Cc1nc(SCCNC(=O)c2ccc(N3CCCC3)c(Cl)c2)n[nH]1. The number of H-pyrrole nitrogens is 1. The predicted octanol–water partition coefficient (Wildman–Crippen LogP) is 2.89. The van der Waals surface area contributed by atoms with Crippen LogP contribution in [0.3, 0.4) is 0 Å². The molecule has 0 bridgehead atoms. The van der Waals surface area contributed by atoms with Crippen molar-refractivity contribution in [1.82, 2.24) is 20.5 Å². The van der Waals surface area contributed by atoms with Gasteiger partial charge in [0.05, 0.1) is 10.7 Å². The Bertz CT molecular complexity index is 714. The van der Waals surface area contributed by atoms with Crippen molar-refractivity contribution in [3.05, 3.63) is 34.6 Å². The smallest absolute Gasteiger partial charge is 0.251 e. The molecule has 1 aromatic heterocycles. The van der Waals surface area contributed by atoms with Gasteiger partial charge >= 0.3 is 0 Å². The molecule has 0 radical (unpaired) electrons. The highest BCUT2D eigenvalue weighted by molar-refractivity contribution is 7.99. The third-order valence-electron chi connectivity index (χ3n) is 3.85. The molecular formula is C16H20ClN5OS. The first-order valence-electron chi connectivity index (χ1n) is 7.98. The Labute approximate surface area is 150 Å². The van der Waals surface area contributed by atoms with E-state index in [0.717, 1.165) is 24.6 Å². The van der Waals surface area contributed by atoms with Crippen LogP contribution in [0, 0.1) is 6.92 Å². The number of amides is 1. The minimum atomic E-state index is -0.114. The van der Waals surface area contributed by atoms with E-state index < -0.39 is 0 Å². The predicted molar refractivity (Wildman–Crippen MR) is 97.1 cm³/mol. The highest BCUT2D eigenvalue weighted by Crippen LogP contribution is 2.29. The largest absolute Gasteiger partial charge is 0.370 e. The number of anilines is 1. The molecule has 128 valence electrons. The molecule has 2 N–H and O–H groups in total. The van der Waals surface area contributed by atoms with Crippen LogP contribution in [-0.2, 0) is 0 Å². The molecule has 24 heavy (non-hydrogen) atoms. The summed E-state index contributed by atoms with van der Waals surface area (Å²) in [5.74, 6) is 1.38. The quantitative estimate of drug-likeness (QED) is 0.608. The van der Waals surface area contributed by atoms with Gasteiger partial charge in [-0.05, 0) is 38.0 Å². The lowest BCUT2D eigenvalue weighted by molar-refractivity contribution is 0.0956. The monoisotopic (exact) mass is 365 g/mol. The Morgan fingerprint density at radius 1 is 1.42 bits per heavy atom. The van der Waals surface area contributed by atoms with Crippen LogP contribution in [-0.4, -0.2) is 46.5 Å². The average Bonchev–Trinajstić information content (AvgIpc) is 3.23. The number of hydrogen-bond donors (Lipinski definition) is 2. The number of nitrogens with one attached hydrogen (secondary N) is 2. The zero-order valence-electron chi connectivity index (χ0n) is 13.5. The minimum absolute atomic E-state index is 0.114. The molecule has 2 aromatic rings. The maximum Gasteiger partial charge on any atom is 0.251 e. The molecule has 6 nitrogen and oxygen atoms in total. The molecule has 0 unspecified atom stereocenters. The number of aromatic amines is 1. The van der Waals surface area contributed by atoms with E-state index >= 15 is 0 Å². The first-order valence-corrected chi connectivity index (χ1v) is 9.34. The van der Waals surface area contributed by atoms with Crippen molar-refractivity contribution in [3.8, 4) is 0 Å². The molecule has 8 heteroatoms. The van der Waals surface area contributed by atoms with Gasteiger partial charge in [0.2, 0.25) is 5.16 Å². The number of carbonyl (C=O) groups is 1. The van der Waals surface area contributed by atoms with Crippen LogP contribution >= 0.6 is 23.4 Å². The second kappa shape index (κ2) is 7.90. The summed E-state index contributed by atoms with van der Waals surface area (Å²) in [6.07, 6.45) is 2.39. The van der Waals surface area contributed by atoms with E-state index in [-0.39, 0.29) is 5.91 Å². The zero-order chi connectivity index (χ0) is 16.9. The van der Waals surface area contributed by atoms with Crippen molar-refractivity contribution in [1.29, 1.82) is 0 Å². The van der Waals surface area contributed by atoms with Crippen molar-refractivity contribution < 1.29 is 4.79 Å². The van der Waals surface area contributed by atoms with Crippen LogP contribution in [0.25, 0.3) is 0 Å². The lowest BCUT2D eigenvalue weighted by Gasteiger charge is -2.19. The number of benzene rings is 1. The fourth-order valence-electron chi connectivity index (χ4n) is 2.66. The minimum Gasteiger partial charge on any atom is -0.370 e. The van der Waals surface area contributed by atoms with E-state index in [4.69, 9.17) is 11.6 Å². The van der Waals surface area contributed by atoms with Crippen molar-refractivity contribution in [2.24, 2.45) is 0 Å². The lowest BCUT2D eigenvalue weighted by Crippen LogP contribution is -2.26. The summed E-state index contributed by atoms with van der Waals surface area (Å²) in [4.78, 5) is 18.7. The molecule has 0 atom stereocenters. The first-order chi connectivity index (χ1) is 11.6. The summed E-state index contributed by atoms with van der Waals surface area (Å²) >= 11 is 7.85. The maximum absolute atomic E-state index is 12.2. The summed E-state index contributed by atoms with van der Waals surface area (Å²) in [5, 5.41) is 11.1. The molecule has 1 aliphatic rings. The molecule has 1 fully saturated rings. The summed E-state index contributed by atoms with van der Waals surface area (Å²) in [5.41, 5.74) is 1.60. The fraction of sp³-hybridized carbons (Fsp3) is 0.438. The number of halogens is 1. The van der Waals surface area contributed by atoms with Crippen LogP contribution in [0.5, 0.6) is 0 Å². The van der Waals surface area contributed by atoms with Gasteiger partial charge in [-0.15, -0.1) is 5.10 Å². The van der Waals surface area contributed by atoms with Gasteiger partial charge < -0.3 is 10.2 Å². The normalized spacial score (nSPS) is 14.2. The van der Waals surface area contributed by atoms with E-state index in [1.54, 1.807) is 6.07 Å². The number of nitrogens with zero attached hydrogens (tertiary/aromatic N) is 3. The molecule has 1 amide bonds. The van der Waals surface area contributed by atoms with E-state index in [0.29, 0.717) is 28.0 Å². The Balaban J connectivity index is 1.50. The third-order valence-corrected chi connectivity index (χ3v) is 5.00. The first kappa shape index (κ1) is 17.1. The van der Waals surface area contributed by atoms with Crippen molar-refractivity contribution in [3.63, 3.8) is 0 Å². The number of aromatic nitrogens is 3. The van der Waals surface area contributed by atoms with Gasteiger partial charge in [-0.1, -0.05) is 23.4 Å². The van der Waals surface area contributed by atoms with Crippen LogP contribution in [0.1, 0.15) is 29.0 Å². The average molecular weight is 366 g/mol. The van der Waals surface area contributed by atoms with Crippen LogP contribution in [0.15, 0.2) is 23.4 Å². The number of aryl methyl sites for hydroxylation is 1. The van der Waals surface area contributed by atoms with Crippen LogP contribution < -0.4 is 10.2 Å². The third kappa shape index (κ3) is 4.21. The topological polar surface area (TPSA) is 73.9 Å². The van der Waals surface area contributed by atoms with Gasteiger partial charge in [0.25, 0.3) is 5.91 Å². The highest BCUT2D eigenvalue weighted by atomic mass is 35.5. The van der Waals surface area contributed by atoms with Crippen LogP contribution in [0.4, 0.5) is 5.69 Å². The summed E-state index contributed by atoms with van der Waals surface area (Å²) in [7, 11) is 0. The van der Waals surface area contributed by atoms with Gasteiger partial charge in [-0.25, -0.2) is 4.98 Å². The molecule has 1 aromatic carbocycles. The van der Waals surface area contributed by atoms with Gasteiger partial charge in [0, 0.05) is 31.0 Å². The van der Waals surface area contributed by atoms with E-state index in [1.807, 2.05) is 19.1 Å². The van der Waals surface area contributed by atoms with Crippen molar-refractivity contribution in [2.75, 3.05) is 30.3 Å². The molecule has 0 saturated carbocycles. The fourth-order valence-corrected chi connectivity index (χ4v) is 3.66. The molecule has 2 heterocycles. The Hall–Kier alpha value is -1.73. The lowest BCUT2D eigenvalue weighted by atomic mass is 10.2. The Kier molecular flexibility index (Phi) is 5.63. The van der Waals surface area contributed by atoms with Crippen molar-refractivity contribution in [2.45, 2.75) is 24.9 Å². The van der Waals surface area contributed by atoms with E-state index in [9.17, 15) is 4.79 Å². The van der Waals surface area contributed by atoms with Gasteiger partial charge in [-0.3, -0.25) is 9.89 Å². The van der Waals surface area contributed by atoms with Crippen molar-refractivity contribution >= 4 is 35.0 Å². The molecule has 0 spiro atoms. The van der Waals surface area contributed by atoms with Gasteiger partial charge in [0.15, 0.2) is 0 Å². The molecule has 1 saturated heterocycles. The number of hydrogen-bond acceptors (Lipinski definition) is 5. The van der Waals surface area contributed by atoms with Crippen LogP contribution in [0.2, 0.25) is 5.02 Å². The molecule has 3 rings (SSSR count). The highest BCUT2D eigenvalue weighted by Gasteiger charge is 2.16. The number of carbonyl (C=O) groups excluding carboxylic acids is 1. The summed E-state index contributed by atoms with van der Waals surface area (Å²) in [6, 6.07) is 5.52. The standard InChI is InChI=1S/C16H20ClN5OS/c1-11-19-16(21-20-11)24-9-6-18-15(23)12-4-5-14(13(17)10-12)22-7-2-3-8-22/h4-5,10H,2-3,6-9H2,1H3,(H,18,23)(H,19,20,21). The molecule has 0 aliphatic carbocycles. The Morgan fingerprint density at radius 2 is 2.21 bits per heavy atom. The summed E-state index contributed by atoms with van der Waals surface area (Å²) < 4.78 is 0. The van der Waals surface area contributed by atoms with E-state index in [2.05, 4.69) is 25.4 Å². The second-order valence-electron chi connectivity index (χ2n) is 5.67. The Morgan fingerprint density at radius 3 is 2.88 bits per heavy atom. The molecular weight excluding hydrogens is 346 g/mol. The second-order valence-corrected chi connectivity index (χ2v) is 7.14. The summed E-state index contributed by atoms with van der Waals surface area (Å²) in [6.45, 7) is 4.46. The molecule has 1 aliphatic heterocycles. The maximum atomic E-state index is 12.2. The van der Waals surface area contributed by atoms with Gasteiger partial charge in [-0.2, -0.15) is 0 Å². The number of thioether (sulfide) groups is 1. The van der Waals surface area contributed by atoms with E-state index in [1.165, 1.54) is 24.6 Å². The zero-order valence-corrected chi connectivity index (χ0v) is 15.1. The van der Waals surface area contributed by atoms with Gasteiger partial charge in [0.1, 0.15) is 5.82 Å².